The largest absolute Gasteiger partial charge is 0.357 e. The van der Waals surface area contributed by atoms with Crippen LogP contribution in [0.15, 0.2) is 18.3 Å². The Hall–Kier alpha value is -1.62. The molecule has 1 aromatic heterocycles. The van der Waals surface area contributed by atoms with Crippen LogP contribution < -0.4 is 4.90 Å². The Labute approximate surface area is 145 Å². The minimum absolute atomic E-state index is 0.149. The molecule has 3 heterocycles. The number of hydrogen-bond donors (Lipinski definition) is 0. The second-order valence-corrected chi connectivity index (χ2v) is 6.98. The SMILES string of the molecule is CCN(CC)c1ccc(C(=O)N2CCC[C@H]2[C@H]2CCCN2C)cn1. The third kappa shape index (κ3) is 3.27. The molecule has 0 saturated carbocycles. The first kappa shape index (κ1) is 17.2. The topological polar surface area (TPSA) is 39.7 Å². The molecule has 5 heteroatoms. The van der Waals surface area contributed by atoms with Crippen LogP contribution in [0.3, 0.4) is 0 Å². The van der Waals surface area contributed by atoms with Gasteiger partial charge in [-0.15, -0.1) is 0 Å². The molecule has 0 N–H and O–H groups in total. The first-order valence-electron chi connectivity index (χ1n) is 9.38. The minimum atomic E-state index is 0.149. The molecule has 2 aliphatic rings. The van der Waals surface area contributed by atoms with Gasteiger partial charge in [-0.25, -0.2) is 4.98 Å². The number of pyridine rings is 1. The minimum Gasteiger partial charge on any atom is -0.357 e. The molecule has 2 aliphatic heterocycles. The first-order valence-corrected chi connectivity index (χ1v) is 9.38. The summed E-state index contributed by atoms with van der Waals surface area (Å²) in [4.78, 5) is 24.2. The lowest BCUT2D eigenvalue weighted by Gasteiger charge is -2.33. The number of amides is 1. The number of aromatic nitrogens is 1. The molecule has 1 amide bonds. The van der Waals surface area contributed by atoms with Gasteiger partial charge < -0.3 is 14.7 Å². The molecule has 2 atom stereocenters. The van der Waals surface area contributed by atoms with Gasteiger partial charge in [0.2, 0.25) is 0 Å². The zero-order valence-corrected chi connectivity index (χ0v) is 15.2. The van der Waals surface area contributed by atoms with E-state index in [9.17, 15) is 4.79 Å². The maximum Gasteiger partial charge on any atom is 0.255 e. The Morgan fingerprint density at radius 3 is 2.46 bits per heavy atom. The van der Waals surface area contributed by atoms with Crippen molar-refractivity contribution in [3.63, 3.8) is 0 Å². The van der Waals surface area contributed by atoms with E-state index in [1.54, 1.807) is 6.20 Å². The lowest BCUT2D eigenvalue weighted by atomic mass is 10.0. The average molecular weight is 330 g/mol. The fourth-order valence-electron chi connectivity index (χ4n) is 4.28. The number of hydrogen-bond acceptors (Lipinski definition) is 4. The van der Waals surface area contributed by atoms with E-state index in [1.165, 1.54) is 12.8 Å². The van der Waals surface area contributed by atoms with Crippen molar-refractivity contribution in [2.24, 2.45) is 0 Å². The molecule has 0 aliphatic carbocycles. The van der Waals surface area contributed by atoms with Crippen molar-refractivity contribution in [1.82, 2.24) is 14.8 Å². The summed E-state index contributed by atoms with van der Waals surface area (Å²) in [5, 5.41) is 0. The zero-order chi connectivity index (χ0) is 17.1. The van der Waals surface area contributed by atoms with Gasteiger partial charge in [0.25, 0.3) is 5.91 Å². The highest BCUT2D eigenvalue weighted by Gasteiger charge is 2.38. The number of nitrogens with zero attached hydrogens (tertiary/aromatic N) is 4. The van der Waals surface area contributed by atoms with Crippen LogP contribution >= 0.6 is 0 Å². The van der Waals surface area contributed by atoms with E-state index in [-0.39, 0.29) is 5.91 Å². The van der Waals surface area contributed by atoms with Crippen molar-refractivity contribution in [3.8, 4) is 0 Å². The highest BCUT2D eigenvalue weighted by molar-refractivity contribution is 5.94. The van der Waals surface area contributed by atoms with E-state index in [4.69, 9.17) is 0 Å². The van der Waals surface area contributed by atoms with Crippen molar-refractivity contribution >= 4 is 11.7 Å². The maximum absolute atomic E-state index is 13.0. The van der Waals surface area contributed by atoms with Crippen LogP contribution in [0, 0.1) is 0 Å². The predicted molar refractivity (Wildman–Crippen MR) is 97.5 cm³/mol. The second kappa shape index (κ2) is 7.51. The summed E-state index contributed by atoms with van der Waals surface area (Å²) in [7, 11) is 2.19. The Balaban J connectivity index is 1.73. The summed E-state index contributed by atoms with van der Waals surface area (Å²) in [5.41, 5.74) is 0.721. The number of carbonyl (C=O) groups excluding carboxylic acids is 1. The summed E-state index contributed by atoms with van der Waals surface area (Å²) >= 11 is 0. The molecular weight excluding hydrogens is 300 g/mol. The fourth-order valence-corrected chi connectivity index (χ4v) is 4.28. The molecule has 0 bridgehead atoms. The van der Waals surface area contributed by atoms with E-state index >= 15 is 0 Å². The number of rotatable bonds is 5. The van der Waals surface area contributed by atoms with Gasteiger partial charge >= 0.3 is 0 Å². The molecule has 2 fully saturated rings. The number of likely N-dealkylation sites (tertiary alicyclic amines) is 2. The monoisotopic (exact) mass is 330 g/mol. The summed E-state index contributed by atoms with van der Waals surface area (Å²) in [6, 6.07) is 4.82. The van der Waals surface area contributed by atoms with Gasteiger partial charge in [-0.05, 0) is 65.3 Å². The van der Waals surface area contributed by atoms with Crippen LogP contribution in [-0.2, 0) is 0 Å². The van der Waals surface area contributed by atoms with Crippen molar-refractivity contribution in [1.29, 1.82) is 0 Å². The quantitative estimate of drug-likeness (QED) is 0.832. The van der Waals surface area contributed by atoms with Crippen molar-refractivity contribution in [2.75, 3.05) is 38.1 Å². The van der Waals surface area contributed by atoms with Gasteiger partial charge in [-0.1, -0.05) is 0 Å². The second-order valence-electron chi connectivity index (χ2n) is 6.98. The summed E-state index contributed by atoms with van der Waals surface area (Å²) < 4.78 is 0. The van der Waals surface area contributed by atoms with E-state index < -0.39 is 0 Å². The molecule has 1 aromatic rings. The van der Waals surface area contributed by atoms with Crippen LogP contribution in [0.5, 0.6) is 0 Å². The Morgan fingerprint density at radius 2 is 1.88 bits per heavy atom. The Morgan fingerprint density at radius 1 is 1.17 bits per heavy atom. The lowest BCUT2D eigenvalue weighted by molar-refractivity contribution is 0.0664. The molecular formula is C19H30N4O. The van der Waals surface area contributed by atoms with E-state index in [0.717, 1.165) is 50.4 Å². The molecule has 2 saturated heterocycles. The van der Waals surface area contributed by atoms with Crippen molar-refractivity contribution in [2.45, 2.75) is 51.6 Å². The molecule has 3 rings (SSSR count). The fraction of sp³-hybridized carbons (Fsp3) is 0.684. The summed E-state index contributed by atoms with van der Waals surface area (Å²) in [5.74, 6) is 1.10. The molecule has 0 unspecified atom stereocenters. The highest BCUT2D eigenvalue weighted by atomic mass is 16.2. The molecule has 5 nitrogen and oxygen atoms in total. The van der Waals surface area contributed by atoms with Crippen LogP contribution in [-0.4, -0.2) is 66.0 Å². The zero-order valence-electron chi connectivity index (χ0n) is 15.2. The first-order chi connectivity index (χ1) is 11.7. The van der Waals surface area contributed by atoms with Gasteiger partial charge in [-0.2, -0.15) is 0 Å². The molecule has 0 radical (unpaired) electrons. The van der Waals surface area contributed by atoms with E-state index in [1.807, 2.05) is 12.1 Å². The van der Waals surface area contributed by atoms with Crippen LogP contribution in [0.25, 0.3) is 0 Å². The third-order valence-electron chi connectivity index (χ3n) is 5.66. The summed E-state index contributed by atoms with van der Waals surface area (Å²) in [6.45, 7) is 8.14. The third-order valence-corrected chi connectivity index (χ3v) is 5.66. The van der Waals surface area contributed by atoms with Gasteiger partial charge in [0.1, 0.15) is 5.82 Å². The molecule has 0 aromatic carbocycles. The number of likely N-dealkylation sites (N-methyl/N-ethyl adjacent to an activating group) is 1. The lowest BCUT2D eigenvalue weighted by Crippen LogP contribution is -2.47. The van der Waals surface area contributed by atoms with E-state index in [2.05, 4.69) is 40.6 Å². The van der Waals surface area contributed by atoms with Gasteiger partial charge in [0.05, 0.1) is 5.56 Å². The van der Waals surface area contributed by atoms with E-state index in [0.29, 0.717) is 12.1 Å². The molecule has 132 valence electrons. The van der Waals surface area contributed by atoms with Gasteiger partial charge in [0, 0.05) is 37.9 Å². The molecule has 0 spiro atoms. The standard InChI is InChI=1S/C19H30N4O/c1-4-22(5-2)18-11-10-15(14-20-18)19(24)23-13-7-9-17(23)16-8-6-12-21(16)3/h10-11,14,16-17H,4-9,12-13H2,1-3H3/t16-,17+/m1/s1. The number of carbonyl (C=O) groups is 1. The Bertz CT molecular complexity index is 555. The van der Waals surface area contributed by atoms with Gasteiger partial charge in [0.15, 0.2) is 0 Å². The molecule has 24 heavy (non-hydrogen) atoms. The summed E-state index contributed by atoms with van der Waals surface area (Å²) in [6.07, 6.45) is 6.46. The van der Waals surface area contributed by atoms with Crippen LogP contribution in [0.1, 0.15) is 49.9 Å². The van der Waals surface area contributed by atoms with Crippen molar-refractivity contribution in [3.05, 3.63) is 23.9 Å². The van der Waals surface area contributed by atoms with Gasteiger partial charge in [-0.3, -0.25) is 4.79 Å². The normalized spacial score (nSPS) is 24.5. The smallest absolute Gasteiger partial charge is 0.255 e. The number of anilines is 1. The Kier molecular flexibility index (Phi) is 5.39. The van der Waals surface area contributed by atoms with Crippen LogP contribution in [0.2, 0.25) is 0 Å². The van der Waals surface area contributed by atoms with Crippen LogP contribution in [0.4, 0.5) is 5.82 Å². The van der Waals surface area contributed by atoms with Crippen molar-refractivity contribution < 1.29 is 4.79 Å². The maximum atomic E-state index is 13.0. The highest BCUT2D eigenvalue weighted by Crippen LogP contribution is 2.30. The predicted octanol–water partition coefficient (Wildman–Crippen LogP) is 2.63. The average Bonchev–Trinajstić information content (AvgIpc) is 3.24.